The van der Waals surface area contributed by atoms with Gasteiger partial charge in [0, 0.05) is 12.0 Å². The number of hydrogen-bond acceptors (Lipinski definition) is 6. The minimum atomic E-state index is -0.375. The molecule has 30 heavy (non-hydrogen) atoms. The number of rotatable bonds is 8. The Labute approximate surface area is 175 Å². The lowest BCUT2D eigenvalue weighted by Crippen LogP contribution is -2.27. The van der Waals surface area contributed by atoms with E-state index in [4.69, 9.17) is 15.2 Å². The van der Waals surface area contributed by atoms with Crippen molar-refractivity contribution in [3.8, 4) is 0 Å². The molecule has 2 aromatic carbocycles. The maximum atomic E-state index is 12.3. The lowest BCUT2D eigenvalue weighted by Gasteiger charge is -2.20. The summed E-state index contributed by atoms with van der Waals surface area (Å²) in [4.78, 5) is 20.0. The molecule has 7 heteroatoms. The van der Waals surface area contributed by atoms with E-state index in [9.17, 15) is 4.79 Å². The number of nitrogens with two attached hydrogens (primary N) is 1. The zero-order valence-corrected chi connectivity index (χ0v) is 16.8. The van der Waals surface area contributed by atoms with Gasteiger partial charge in [-0.05, 0) is 24.0 Å². The SMILES string of the molecule is Nc1ncn(C2CC(COCc3ccccc3)C(OCc3ccccc3)C2)c(=O)n1. The van der Waals surface area contributed by atoms with E-state index in [2.05, 4.69) is 9.97 Å². The second-order valence-electron chi connectivity index (χ2n) is 7.63. The van der Waals surface area contributed by atoms with E-state index in [1.807, 2.05) is 60.7 Å². The van der Waals surface area contributed by atoms with E-state index in [-0.39, 0.29) is 29.7 Å². The minimum Gasteiger partial charge on any atom is -0.376 e. The van der Waals surface area contributed by atoms with Gasteiger partial charge in [-0.15, -0.1) is 0 Å². The van der Waals surface area contributed by atoms with E-state index in [0.717, 1.165) is 17.5 Å². The van der Waals surface area contributed by atoms with Crippen molar-refractivity contribution < 1.29 is 9.47 Å². The highest BCUT2D eigenvalue weighted by molar-refractivity contribution is 5.14. The number of nitrogens with zero attached hydrogens (tertiary/aromatic N) is 3. The molecule has 1 aliphatic rings. The summed E-state index contributed by atoms with van der Waals surface area (Å²) in [6, 6.07) is 20.1. The molecule has 0 aliphatic heterocycles. The first-order chi connectivity index (χ1) is 14.7. The molecule has 1 heterocycles. The largest absolute Gasteiger partial charge is 0.376 e. The molecule has 0 saturated heterocycles. The van der Waals surface area contributed by atoms with Crippen molar-refractivity contribution in [1.82, 2.24) is 14.5 Å². The van der Waals surface area contributed by atoms with Crippen LogP contribution in [0.15, 0.2) is 71.8 Å². The van der Waals surface area contributed by atoms with Gasteiger partial charge in [-0.2, -0.15) is 4.98 Å². The van der Waals surface area contributed by atoms with Crippen molar-refractivity contribution in [2.24, 2.45) is 5.92 Å². The van der Waals surface area contributed by atoms with Gasteiger partial charge in [0.25, 0.3) is 0 Å². The first kappa shape index (κ1) is 20.3. The quantitative estimate of drug-likeness (QED) is 0.618. The van der Waals surface area contributed by atoms with Gasteiger partial charge in [0.15, 0.2) is 0 Å². The topological polar surface area (TPSA) is 92.3 Å². The molecule has 2 N–H and O–H groups in total. The molecule has 7 nitrogen and oxygen atoms in total. The highest BCUT2D eigenvalue weighted by Gasteiger charge is 2.36. The zero-order chi connectivity index (χ0) is 20.8. The lowest BCUT2D eigenvalue weighted by atomic mass is 10.1. The van der Waals surface area contributed by atoms with E-state index < -0.39 is 0 Å². The maximum absolute atomic E-state index is 12.3. The van der Waals surface area contributed by atoms with Crippen LogP contribution in [0.4, 0.5) is 5.95 Å². The number of anilines is 1. The molecule has 1 saturated carbocycles. The van der Waals surface area contributed by atoms with Crippen molar-refractivity contribution >= 4 is 5.95 Å². The standard InChI is InChI=1S/C23H26N4O3/c24-22-25-16-27(23(28)26-22)20-11-19(15-29-13-17-7-3-1-4-8-17)21(12-20)30-14-18-9-5-2-6-10-18/h1-10,16,19-21H,11-15H2,(H2,24,26,28). The lowest BCUT2D eigenvalue weighted by molar-refractivity contribution is -0.0190. The van der Waals surface area contributed by atoms with Gasteiger partial charge in [0.2, 0.25) is 5.95 Å². The summed E-state index contributed by atoms with van der Waals surface area (Å²) in [5.74, 6) is 0.167. The minimum absolute atomic E-state index is 0.00568. The molecule has 156 valence electrons. The Morgan fingerprint density at radius 1 is 0.967 bits per heavy atom. The van der Waals surface area contributed by atoms with Gasteiger partial charge in [0.05, 0.1) is 25.9 Å². The second-order valence-corrected chi connectivity index (χ2v) is 7.63. The molecule has 3 unspecified atom stereocenters. The molecule has 1 aromatic heterocycles. The summed E-state index contributed by atoms with van der Waals surface area (Å²) < 4.78 is 13.8. The van der Waals surface area contributed by atoms with Gasteiger partial charge in [0.1, 0.15) is 6.33 Å². The van der Waals surface area contributed by atoms with Gasteiger partial charge < -0.3 is 15.2 Å². The smallest absolute Gasteiger partial charge is 0.352 e. The summed E-state index contributed by atoms with van der Waals surface area (Å²) in [6.45, 7) is 1.65. The van der Waals surface area contributed by atoms with Crippen LogP contribution in [0.5, 0.6) is 0 Å². The predicted octanol–water partition coefficient (Wildman–Crippen LogP) is 2.97. The van der Waals surface area contributed by atoms with Crippen LogP contribution in [0.2, 0.25) is 0 Å². The fourth-order valence-electron chi connectivity index (χ4n) is 3.95. The molecule has 4 rings (SSSR count). The molecule has 1 fully saturated rings. The predicted molar refractivity (Wildman–Crippen MR) is 114 cm³/mol. The molecule has 0 amide bonds. The van der Waals surface area contributed by atoms with Crippen LogP contribution in [0, 0.1) is 5.92 Å². The molecular formula is C23H26N4O3. The third kappa shape index (κ3) is 5.11. The van der Waals surface area contributed by atoms with Crippen molar-refractivity contribution in [1.29, 1.82) is 0 Å². The van der Waals surface area contributed by atoms with E-state index in [1.54, 1.807) is 4.57 Å². The van der Waals surface area contributed by atoms with Gasteiger partial charge >= 0.3 is 5.69 Å². The third-order valence-corrected chi connectivity index (χ3v) is 5.49. The van der Waals surface area contributed by atoms with Gasteiger partial charge in [-0.25, -0.2) is 9.78 Å². The molecular weight excluding hydrogens is 380 g/mol. The van der Waals surface area contributed by atoms with Crippen molar-refractivity contribution in [2.75, 3.05) is 12.3 Å². The van der Waals surface area contributed by atoms with Crippen LogP contribution in [0.1, 0.15) is 30.0 Å². The second kappa shape index (κ2) is 9.65. The summed E-state index contributed by atoms with van der Waals surface area (Å²) >= 11 is 0. The maximum Gasteiger partial charge on any atom is 0.352 e. The monoisotopic (exact) mass is 406 g/mol. The first-order valence-corrected chi connectivity index (χ1v) is 10.2. The van der Waals surface area contributed by atoms with Crippen LogP contribution >= 0.6 is 0 Å². The number of hydrogen-bond donors (Lipinski definition) is 1. The van der Waals surface area contributed by atoms with Crippen molar-refractivity contribution in [3.05, 3.63) is 88.6 Å². The van der Waals surface area contributed by atoms with Crippen LogP contribution in [0.25, 0.3) is 0 Å². The summed E-state index contributed by atoms with van der Waals surface area (Å²) in [5.41, 5.74) is 7.42. The number of nitrogen functional groups attached to an aromatic ring is 1. The average Bonchev–Trinajstić information content (AvgIpc) is 3.16. The fraction of sp³-hybridized carbons (Fsp3) is 0.348. The third-order valence-electron chi connectivity index (χ3n) is 5.49. The number of ether oxygens (including phenoxy) is 2. The van der Waals surface area contributed by atoms with Crippen molar-refractivity contribution in [2.45, 2.75) is 38.2 Å². The Bertz CT molecular complexity index is 994. The number of aromatic nitrogens is 3. The van der Waals surface area contributed by atoms with E-state index in [0.29, 0.717) is 26.2 Å². The van der Waals surface area contributed by atoms with Crippen LogP contribution in [-0.4, -0.2) is 27.2 Å². The van der Waals surface area contributed by atoms with Crippen molar-refractivity contribution in [3.63, 3.8) is 0 Å². The normalized spacial score (nSPS) is 21.0. The molecule has 0 radical (unpaired) electrons. The summed E-state index contributed by atoms with van der Waals surface area (Å²) in [6.07, 6.45) is 2.94. The van der Waals surface area contributed by atoms with E-state index in [1.165, 1.54) is 6.33 Å². The molecule has 0 spiro atoms. The number of benzene rings is 2. The zero-order valence-electron chi connectivity index (χ0n) is 16.8. The first-order valence-electron chi connectivity index (χ1n) is 10.2. The highest BCUT2D eigenvalue weighted by Crippen LogP contribution is 2.36. The highest BCUT2D eigenvalue weighted by atomic mass is 16.5. The van der Waals surface area contributed by atoms with Gasteiger partial charge in [-0.1, -0.05) is 60.7 Å². The van der Waals surface area contributed by atoms with Crippen LogP contribution in [-0.2, 0) is 22.7 Å². The van der Waals surface area contributed by atoms with Gasteiger partial charge in [-0.3, -0.25) is 4.57 Å². The van der Waals surface area contributed by atoms with E-state index >= 15 is 0 Å². The Hall–Kier alpha value is -3.03. The molecule has 0 bridgehead atoms. The van der Waals surface area contributed by atoms with Crippen LogP contribution in [0.3, 0.4) is 0 Å². The summed E-state index contributed by atoms with van der Waals surface area (Å²) in [7, 11) is 0. The Morgan fingerprint density at radius 3 is 2.30 bits per heavy atom. The fourth-order valence-corrected chi connectivity index (χ4v) is 3.95. The summed E-state index contributed by atoms with van der Waals surface area (Å²) in [5, 5.41) is 0. The van der Waals surface area contributed by atoms with Crippen LogP contribution < -0.4 is 11.4 Å². The Morgan fingerprint density at radius 2 is 1.63 bits per heavy atom. The molecule has 3 aromatic rings. The molecule has 3 atom stereocenters. The Balaban J connectivity index is 1.43. The Kier molecular flexibility index (Phi) is 6.51. The average molecular weight is 406 g/mol. The molecule has 1 aliphatic carbocycles.